The largest absolute Gasteiger partial charge is 0.416 e. The van der Waals surface area contributed by atoms with Gasteiger partial charge in [0.2, 0.25) is 11.8 Å². The van der Waals surface area contributed by atoms with Crippen molar-refractivity contribution in [3.05, 3.63) is 77.4 Å². The second kappa shape index (κ2) is 11.4. The Morgan fingerprint density at radius 2 is 1.89 bits per heavy atom. The molecule has 1 aliphatic rings. The van der Waals surface area contributed by atoms with Crippen molar-refractivity contribution in [1.82, 2.24) is 5.32 Å². The Morgan fingerprint density at radius 1 is 1.19 bits per heavy atom. The van der Waals surface area contributed by atoms with E-state index in [4.69, 9.17) is 0 Å². The first-order valence-electron chi connectivity index (χ1n) is 11.6. The number of amides is 2. The van der Waals surface area contributed by atoms with Crippen LogP contribution in [0.1, 0.15) is 30.5 Å². The predicted octanol–water partition coefficient (Wildman–Crippen LogP) is 4.41. The summed E-state index contributed by atoms with van der Waals surface area (Å²) in [6, 6.07) is 9.31. The lowest BCUT2D eigenvalue weighted by Crippen LogP contribution is -2.54. The third-order valence-electron chi connectivity index (χ3n) is 5.96. The number of allylic oxidation sites excluding steroid dienone is 2. The van der Waals surface area contributed by atoms with Crippen LogP contribution in [0.2, 0.25) is 0 Å². The molecule has 2 atom stereocenters. The highest BCUT2D eigenvalue weighted by Gasteiger charge is 2.32. The molecule has 3 N–H and O–H groups in total. The van der Waals surface area contributed by atoms with Crippen LogP contribution >= 0.6 is 0 Å². The molecule has 0 saturated carbocycles. The van der Waals surface area contributed by atoms with Crippen molar-refractivity contribution in [3.8, 4) is 0 Å². The van der Waals surface area contributed by atoms with Gasteiger partial charge in [0.1, 0.15) is 6.04 Å². The zero-order valence-electron chi connectivity index (χ0n) is 20.3. The number of carbonyl (C=O) groups excluding carboxylic acids is 2. The number of aliphatic hydroxyl groups is 1. The lowest BCUT2D eigenvalue weighted by atomic mass is 9.95. The molecule has 2 aromatic rings. The maximum Gasteiger partial charge on any atom is 0.416 e. The van der Waals surface area contributed by atoms with E-state index < -0.39 is 23.8 Å². The van der Waals surface area contributed by atoms with Crippen molar-refractivity contribution in [2.75, 3.05) is 23.9 Å². The molecule has 36 heavy (non-hydrogen) atoms. The van der Waals surface area contributed by atoms with Crippen molar-refractivity contribution < 1.29 is 27.9 Å². The molecule has 2 aromatic carbocycles. The maximum atomic E-state index is 12.7. The average Bonchev–Trinajstić information content (AvgIpc) is 2.80. The summed E-state index contributed by atoms with van der Waals surface area (Å²) in [4.78, 5) is 27.0. The maximum absolute atomic E-state index is 12.7. The Kier molecular flexibility index (Phi) is 8.57. The fourth-order valence-electron chi connectivity index (χ4n) is 4.24. The molecule has 0 spiro atoms. The van der Waals surface area contributed by atoms with Gasteiger partial charge in [-0.25, -0.2) is 0 Å². The van der Waals surface area contributed by atoms with Gasteiger partial charge in [-0.3, -0.25) is 9.59 Å². The predicted molar refractivity (Wildman–Crippen MR) is 134 cm³/mol. The molecule has 0 unspecified atom stereocenters. The molecule has 3 rings (SSSR count). The summed E-state index contributed by atoms with van der Waals surface area (Å²) < 4.78 is 37.9. The van der Waals surface area contributed by atoms with Gasteiger partial charge in [0.15, 0.2) is 0 Å². The third kappa shape index (κ3) is 6.75. The number of hydrogen-bond donors (Lipinski definition) is 3. The molecular weight excluding hydrogens is 471 g/mol. The number of benzene rings is 2. The van der Waals surface area contributed by atoms with Crippen LogP contribution < -0.4 is 15.5 Å². The van der Waals surface area contributed by atoms with Gasteiger partial charge in [-0.2, -0.15) is 13.2 Å². The molecule has 0 saturated heterocycles. The summed E-state index contributed by atoms with van der Waals surface area (Å²) in [5, 5.41) is 15.4. The van der Waals surface area contributed by atoms with Gasteiger partial charge in [-0.05, 0) is 53.8 Å². The Hall–Kier alpha value is -3.59. The van der Waals surface area contributed by atoms with E-state index in [9.17, 15) is 27.9 Å². The van der Waals surface area contributed by atoms with Crippen molar-refractivity contribution >= 4 is 29.3 Å². The minimum atomic E-state index is -4.38. The molecular formula is C27H30F3N3O3. The second-order valence-corrected chi connectivity index (χ2v) is 9.06. The highest BCUT2D eigenvalue weighted by Crippen LogP contribution is 2.30. The fourth-order valence-corrected chi connectivity index (χ4v) is 4.24. The Bertz CT molecular complexity index is 1140. The molecule has 6 nitrogen and oxygen atoms in total. The third-order valence-corrected chi connectivity index (χ3v) is 5.96. The van der Waals surface area contributed by atoms with Crippen LogP contribution in [0.4, 0.5) is 24.5 Å². The minimum Gasteiger partial charge on any atom is -0.394 e. The van der Waals surface area contributed by atoms with Crippen LogP contribution in [-0.2, 0) is 22.2 Å². The SMILES string of the molecule is CC(C)[C@H]1C(=O)N[C@H](CO)Cc2cc(NC(=O)/C=C\C=C\c3ccc(C(F)(F)F)cc3)ccc2N1C. The van der Waals surface area contributed by atoms with Crippen molar-refractivity contribution in [2.24, 2.45) is 5.92 Å². The molecule has 0 bridgehead atoms. The normalized spacial score (nSPS) is 18.8. The van der Waals surface area contributed by atoms with Gasteiger partial charge in [0, 0.05) is 24.5 Å². The van der Waals surface area contributed by atoms with Gasteiger partial charge in [0.05, 0.1) is 18.2 Å². The number of hydrogen-bond acceptors (Lipinski definition) is 4. The molecule has 1 aliphatic heterocycles. The number of likely N-dealkylation sites (N-methyl/N-ethyl adjacent to an activating group) is 1. The number of nitrogens with one attached hydrogen (secondary N) is 2. The van der Waals surface area contributed by atoms with Crippen molar-refractivity contribution in [1.29, 1.82) is 0 Å². The minimum absolute atomic E-state index is 0.0421. The first-order chi connectivity index (χ1) is 17.0. The van der Waals surface area contributed by atoms with E-state index >= 15 is 0 Å². The first-order valence-corrected chi connectivity index (χ1v) is 11.6. The molecule has 0 aliphatic carbocycles. The number of rotatable bonds is 6. The Balaban J connectivity index is 1.70. The fraction of sp³-hybridized carbons (Fsp3) is 0.333. The number of aliphatic hydroxyl groups excluding tert-OH is 1. The van der Waals surface area contributed by atoms with Gasteiger partial charge in [0.25, 0.3) is 0 Å². The van der Waals surface area contributed by atoms with E-state index in [1.54, 1.807) is 18.2 Å². The van der Waals surface area contributed by atoms with E-state index in [2.05, 4.69) is 10.6 Å². The lowest BCUT2D eigenvalue weighted by molar-refractivity contribution is -0.137. The monoisotopic (exact) mass is 501 g/mol. The zero-order chi connectivity index (χ0) is 26.5. The topological polar surface area (TPSA) is 81.7 Å². The standard InChI is InChI=1S/C27H30F3N3O3/c1-17(2)25-26(36)32-22(16-34)15-19-14-21(12-13-23(19)33(25)3)31-24(35)7-5-4-6-18-8-10-20(11-9-18)27(28,29)30/h4-14,17,22,25,34H,15-16H2,1-3H3,(H,31,35)(H,32,36)/b6-4+,7-5-/t22-,25-/m0/s1. The van der Waals surface area contributed by atoms with Gasteiger partial charge >= 0.3 is 6.18 Å². The molecule has 0 radical (unpaired) electrons. The molecule has 2 amide bonds. The quantitative estimate of drug-likeness (QED) is 0.405. The number of halogens is 3. The van der Waals surface area contributed by atoms with Crippen LogP contribution in [0.3, 0.4) is 0 Å². The molecule has 1 heterocycles. The number of fused-ring (bicyclic) bond motifs is 1. The van der Waals surface area contributed by atoms with Crippen LogP contribution in [0.15, 0.2) is 60.7 Å². The molecule has 192 valence electrons. The van der Waals surface area contributed by atoms with E-state index in [-0.39, 0.29) is 24.3 Å². The smallest absolute Gasteiger partial charge is 0.394 e. The number of alkyl halides is 3. The zero-order valence-corrected chi connectivity index (χ0v) is 20.3. The van der Waals surface area contributed by atoms with E-state index in [1.807, 2.05) is 37.9 Å². The van der Waals surface area contributed by atoms with E-state index in [0.717, 1.165) is 23.4 Å². The summed E-state index contributed by atoms with van der Waals surface area (Å²) >= 11 is 0. The number of carbonyl (C=O) groups is 2. The molecule has 0 aromatic heterocycles. The van der Waals surface area contributed by atoms with Gasteiger partial charge in [-0.15, -0.1) is 0 Å². The highest BCUT2D eigenvalue weighted by atomic mass is 19.4. The summed E-state index contributed by atoms with van der Waals surface area (Å²) in [5.74, 6) is -0.470. The number of anilines is 2. The van der Waals surface area contributed by atoms with Crippen LogP contribution in [0.25, 0.3) is 6.08 Å². The lowest BCUT2D eigenvalue weighted by Gasteiger charge is -2.37. The number of nitrogens with zero attached hydrogens (tertiary/aromatic N) is 1. The second-order valence-electron chi connectivity index (χ2n) is 9.06. The molecule has 9 heteroatoms. The summed E-state index contributed by atoms with van der Waals surface area (Å²) in [7, 11) is 1.85. The average molecular weight is 502 g/mol. The summed E-state index contributed by atoms with van der Waals surface area (Å²) in [5.41, 5.74) is 2.16. The van der Waals surface area contributed by atoms with Crippen LogP contribution in [-0.4, -0.2) is 42.7 Å². The van der Waals surface area contributed by atoms with E-state index in [0.29, 0.717) is 17.7 Å². The van der Waals surface area contributed by atoms with E-state index in [1.165, 1.54) is 24.3 Å². The van der Waals surface area contributed by atoms with Crippen LogP contribution in [0, 0.1) is 5.92 Å². The Morgan fingerprint density at radius 3 is 2.50 bits per heavy atom. The molecule has 0 fully saturated rings. The van der Waals surface area contributed by atoms with Crippen molar-refractivity contribution in [2.45, 2.75) is 38.5 Å². The van der Waals surface area contributed by atoms with Gasteiger partial charge in [-0.1, -0.05) is 44.2 Å². The van der Waals surface area contributed by atoms with Crippen molar-refractivity contribution in [3.63, 3.8) is 0 Å². The van der Waals surface area contributed by atoms with Crippen LogP contribution in [0.5, 0.6) is 0 Å². The first kappa shape index (κ1) is 27.0. The Labute approximate surface area is 208 Å². The summed E-state index contributed by atoms with van der Waals surface area (Å²) in [6.45, 7) is 3.72. The highest BCUT2D eigenvalue weighted by molar-refractivity contribution is 5.99. The summed E-state index contributed by atoms with van der Waals surface area (Å²) in [6.07, 6.45) is 2.00. The van der Waals surface area contributed by atoms with Gasteiger partial charge < -0.3 is 20.6 Å².